The standard InChI is InChI=1S/C12H25NO3/c1-3-4-11(7-8-14)9-13-12(16)6-5-10(2)15/h10-11,14-15H,3-9H2,1-2H3,(H,13,16). The molecule has 0 rings (SSSR count). The van der Waals surface area contributed by atoms with Gasteiger partial charge in [0.05, 0.1) is 6.10 Å². The number of carbonyl (C=O) groups is 1. The van der Waals surface area contributed by atoms with Crippen LogP contribution in [0.3, 0.4) is 0 Å². The summed E-state index contributed by atoms with van der Waals surface area (Å²) in [7, 11) is 0. The molecule has 4 heteroatoms. The van der Waals surface area contributed by atoms with Crippen molar-refractivity contribution in [2.45, 2.75) is 52.1 Å². The summed E-state index contributed by atoms with van der Waals surface area (Å²) < 4.78 is 0. The van der Waals surface area contributed by atoms with Crippen LogP contribution in [0.15, 0.2) is 0 Å². The van der Waals surface area contributed by atoms with E-state index in [1.165, 1.54) is 0 Å². The van der Waals surface area contributed by atoms with Crippen LogP contribution in [0.1, 0.15) is 46.0 Å². The normalized spacial score (nSPS) is 14.5. The van der Waals surface area contributed by atoms with Gasteiger partial charge in [-0.25, -0.2) is 0 Å². The number of nitrogens with one attached hydrogen (secondary N) is 1. The van der Waals surface area contributed by atoms with Gasteiger partial charge in [-0.3, -0.25) is 4.79 Å². The number of amides is 1. The molecular formula is C12H25NO3. The molecule has 3 N–H and O–H groups in total. The Morgan fingerprint density at radius 1 is 1.31 bits per heavy atom. The van der Waals surface area contributed by atoms with E-state index in [2.05, 4.69) is 12.2 Å². The number of carbonyl (C=O) groups excluding carboxylic acids is 1. The Morgan fingerprint density at radius 2 is 2.00 bits per heavy atom. The maximum atomic E-state index is 11.4. The summed E-state index contributed by atoms with van der Waals surface area (Å²) in [6, 6.07) is 0. The van der Waals surface area contributed by atoms with E-state index in [0.29, 0.717) is 25.3 Å². The average molecular weight is 231 g/mol. The van der Waals surface area contributed by atoms with Crippen LogP contribution in [-0.2, 0) is 4.79 Å². The third-order valence-electron chi connectivity index (χ3n) is 2.61. The van der Waals surface area contributed by atoms with E-state index in [1.807, 2.05) is 0 Å². The lowest BCUT2D eigenvalue weighted by Gasteiger charge is -2.15. The van der Waals surface area contributed by atoms with E-state index < -0.39 is 6.10 Å². The fraction of sp³-hybridized carbons (Fsp3) is 0.917. The molecule has 96 valence electrons. The molecule has 4 nitrogen and oxygen atoms in total. The Bertz CT molecular complexity index is 177. The zero-order valence-corrected chi connectivity index (χ0v) is 10.4. The van der Waals surface area contributed by atoms with Crippen LogP contribution in [-0.4, -0.2) is 35.4 Å². The maximum Gasteiger partial charge on any atom is 0.220 e. The Kier molecular flexibility index (Phi) is 9.24. The summed E-state index contributed by atoms with van der Waals surface area (Å²) in [6.45, 7) is 4.58. The van der Waals surface area contributed by atoms with Crippen molar-refractivity contribution in [3.8, 4) is 0 Å². The second kappa shape index (κ2) is 9.60. The Labute approximate surface area is 98.1 Å². The van der Waals surface area contributed by atoms with Crippen LogP contribution in [0, 0.1) is 5.92 Å². The van der Waals surface area contributed by atoms with Crippen LogP contribution in [0.25, 0.3) is 0 Å². The van der Waals surface area contributed by atoms with Crippen molar-refractivity contribution in [2.75, 3.05) is 13.2 Å². The zero-order chi connectivity index (χ0) is 12.4. The van der Waals surface area contributed by atoms with Crippen LogP contribution >= 0.6 is 0 Å². The summed E-state index contributed by atoms with van der Waals surface area (Å²) in [5, 5.41) is 20.7. The van der Waals surface area contributed by atoms with Gasteiger partial charge in [-0.2, -0.15) is 0 Å². The molecule has 0 bridgehead atoms. The van der Waals surface area contributed by atoms with Crippen molar-refractivity contribution < 1.29 is 15.0 Å². The van der Waals surface area contributed by atoms with Gasteiger partial charge in [-0.15, -0.1) is 0 Å². The number of rotatable bonds is 9. The molecule has 0 radical (unpaired) electrons. The molecule has 1 amide bonds. The van der Waals surface area contributed by atoms with Crippen molar-refractivity contribution in [2.24, 2.45) is 5.92 Å². The van der Waals surface area contributed by atoms with Gasteiger partial charge in [0.15, 0.2) is 0 Å². The van der Waals surface area contributed by atoms with E-state index in [1.54, 1.807) is 6.92 Å². The predicted octanol–water partition coefficient (Wildman–Crippen LogP) is 1.06. The molecule has 2 unspecified atom stereocenters. The zero-order valence-electron chi connectivity index (χ0n) is 10.4. The van der Waals surface area contributed by atoms with Gasteiger partial charge in [0, 0.05) is 19.6 Å². The molecule has 0 aliphatic rings. The molecule has 0 aromatic rings. The quantitative estimate of drug-likeness (QED) is 0.556. The second-order valence-electron chi connectivity index (χ2n) is 4.36. The molecule has 0 aromatic carbocycles. The first-order chi connectivity index (χ1) is 7.60. The predicted molar refractivity (Wildman–Crippen MR) is 64.0 cm³/mol. The highest BCUT2D eigenvalue weighted by Crippen LogP contribution is 2.09. The minimum atomic E-state index is -0.422. The van der Waals surface area contributed by atoms with Crippen LogP contribution < -0.4 is 5.32 Å². The van der Waals surface area contributed by atoms with Gasteiger partial charge < -0.3 is 15.5 Å². The van der Waals surface area contributed by atoms with Gasteiger partial charge in [-0.05, 0) is 32.1 Å². The average Bonchev–Trinajstić information content (AvgIpc) is 2.23. The number of hydrogen-bond acceptors (Lipinski definition) is 3. The van der Waals surface area contributed by atoms with Crippen LogP contribution in [0.5, 0.6) is 0 Å². The fourth-order valence-corrected chi connectivity index (χ4v) is 1.63. The number of aliphatic hydroxyl groups is 2. The van der Waals surface area contributed by atoms with Crippen LogP contribution in [0.2, 0.25) is 0 Å². The lowest BCUT2D eigenvalue weighted by molar-refractivity contribution is -0.121. The molecule has 0 saturated carbocycles. The molecule has 0 aliphatic carbocycles. The molecule has 0 aromatic heterocycles. The molecule has 0 heterocycles. The van der Waals surface area contributed by atoms with Crippen molar-refractivity contribution in [3.63, 3.8) is 0 Å². The first-order valence-corrected chi connectivity index (χ1v) is 6.15. The highest BCUT2D eigenvalue weighted by molar-refractivity contribution is 5.75. The van der Waals surface area contributed by atoms with Crippen molar-refractivity contribution in [1.29, 1.82) is 0 Å². The maximum absolute atomic E-state index is 11.4. The highest BCUT2D eigenvalue weighted by atomic mass is 16.3. The molecule has 2 atom stereocenters. The lowest BCUT2D eigenvalue weighted by Crippen LogP contribution is -2.30. The fourth-order valence-electron chi connectivity index (χ4n) is 1.63. The third kappa shape index (κ3) is 8.68. The Morgan fingerprint density at radius 3 is 2.50 bits per heavy atom. The summed E-state index contributed by atoms with van der Waals surface area (Å²) in [6.07, 6.45) is 3.28. The summed E-state index contributed by atoms with van der Waals surface area (Å²) in [5.41, 5.74) is 0. The smallest absolute Gasteiger partial charge is 0.220 e. The van der Waals surface area contributed by atoms with Crippen LogP contribution in [0.4, 0.5) is 0 Å². The summed E-state index contributed by atoms with van der Waals surface area (Å²) >= 11 is 0. The number of aliphatic hydroxyl groups excluding tert-OH is 2. The largest absolute Gasteiger partial charge is 0.396 e. The van der Waals surface area contributed by atoms with Crippen molar-refractivity contribution in [1.82, 2.24) is 5.32 Å². The molecular weight excluding hydrogens is 206 g/mol. The van der Waals surface area contributed by atoms with Gasteiger partial charge in [0.1, 0.15) is 0 Å². The third-order valence-corrected chi connectivity index (χ3v) is 2.61. The molecule has 0 saturated heterocycles. The van der Waals surface area contributed by atoms with Gasteiger partial charge in [0.25, 0.3) is 0 Å². The topological polar surface area (TPSA) is 69.6 Å². The van der Waals surface area contributed by atoms with Crippen molar-refractivity contribution in [3.05, 3.63) is 0 Å². The first-order valence-electron chi connectivity index (χ1n) is 6.15. The summed E-state index contributed by atoms with van der Waals surface area (Å²) in [5.74, 6) is 0.352. The number of hydrogen-bond donors (Lipinski definition) is 3. The lowest BCUT2D eigenvalue weighted by atomic mass is 10.0. The van der Waals surface area contributed by atoms with Crippen molar-refractivity contribution >= 4 is 5.91 Å². The van der Waals surface area contributed by atoms with E-state index >= 15 is 0 Å². The first kappa shape index (κ1) is 15.4. The van der Waals surface area contributed by atoms with E-state index in [4.69, 9.17) is 10.2 Å². The van der Waals surface area contributed by atoms with E-state index in [9.17, 15) is 4.79 Å². The van der Waals surface area contributed by atoms with Gasteiger partial charge >= 0.3 is 0 Å². The van der Waals surface area contributed by atoms with E-state index in [0.717, 1.165) is 19.3 Å². The van der Waals surface area contributed by atoms with Gasteiger partial charge in [0.2, 0.25) is 5.91 Å². The van der Waals surface area contributed by atoms with E-state index in [-0.39, 0.29) is 12.5 Å². The Hall–Kier alpha value is -0.610. The summed E-state index contributed by atoms with van der Waals surface area (Å²) in [4.78, 5) is 11.4. The molecule has 0 spiro atoms. The minimum absolute atomic E-state index is 0.0139. The second-order valence-corrected chi connectivity index (χ2v) is 4.36. The highest BCUT2D eigenvalue weighted by Gasteiger charge is 2.09. The Balaban J connectivity index is 3.68. The monoisotopic (exact) mass is 231 g/mol. The SMILES string of the molecule is CCCC(CCO)CNC(=O)CCC(C)O. The molecule has 0 fully saturated rings. The minimum Gasteiger partial charge on any atom is -0.396 e. The van der Waals surface area contributed by atoms with Gasteiger partial charge in [-0.1, -0.05) is 13.3 Å². The molecule has 16 heavy (non-hydrogen) atoms. The molecule has 0 aliphatic heterocycles.